The van der Waals surface area contributed by atoms with Crippen molar-refractivity contribution in [2.45, 2.75) is 20.4 Å². The fourth-order valence-electron chi connectivity index (χ4n) is 3.12. The third kappa shape index (κ3) is 3.46. The Kier molecular flexibility index (Phi) is 5.30. The van der Waals surface area contributed by atoms with Crippen LogP contribution in [0.15, 0.2) is 41.5 Å². The number of halogens is 2. The Labute approximate surface area is 165 Å². The molecule has 1 N–H and O–H groups in total. The highest BCUT2D eigenvalue weighted by Gasteiger charge is 2.25. The number of hydrogen-bond donors (Lipinski definition) is 1. The number of rotatable bonds is 4. The summed E-state index contributed by atoms with van der Waals surface area (Å²) in [5.74, 6) is -1.30. The van der Waals surface area contributed by atoms with Crippen molar-refractivity contribution in [3.05, 3.63) is 68.4 Å². The second-order valence-electron chi connectivity index (χ2n) is 5.81. The number of nitrogens with zero attached hydrogens (tertiary/aromatic N) is 3. The maximum absolute atomic E-state index is 13.1. The molecule has 8 heteroatoms. The van der Waals surface area contributed by atoms with Gasteiger partial charge >= 0.3 is 5.97 Å². The van der Waals surface area contributed by atoms with Crippen LogP contribution < -0.4 is 5.43 Å². The van der Waals surface area contributed by atoms with Crippen molar-refractivity contribution in [1.29, 1.82) is 0 Å². The van der Waals surface area contributed by atoms with E-state index in [1.165, 1.54) is 12.4 Å². The summed E-state index contributed by atoms with van der Waals surface area (Å²) in [6.45, 7) is 4.11. The molecule has 0 atom stereocenters. The van der Waals surface area contributed by atoms with Gasteiger partial charge in [0.1, 0.15) is 5.56 Å². The Morgan fingerprint density at radius 2 is 1.70 bits per heavy atom. The molecule has 0 aliphatic heterocycles. The number of carbonyl (C=O) groups is 1. The van der Waals surface area contributed by atoms with E-state index in [9.17, 15) is 14.7 Å². The molecule has 27 heavy (non-hydrogen) atoms. The number of carboxylic acid groups (broad SMARTS) is 1. The Morgan fingerprint density at radius 1 is 1.11 bits per heavy atom. The summed E-state index contributed by atoms with van der Waals surface area (Å²) in [5, 5.41) is 10.4. The molecule has 0 aliphatic carbocycles. The molecule has 0 saturated heterocycles. The minimum atomic E-state index is -1.30. The number of benzene rings is 1. The van der Waals surface area contributed by atoms with Crippen molar-refractivity contribution in [3.8, 4) is 22.4 Å². The average Bonchev–Trinajstić information content (AvgIpc) is 2.63. The van der Waals surface area contributed by atoms with E-state index in [-0.39, 0.29) is 16.4 Å². The van der Waals surface area contributed by atoms with Crippen LogP contribution in [0.2, 0.25) is 10.3 Å². The number of hydrogen-bond acceptors (Lipinski definition) is 4. The number of aromatic nitrogens is 3. The van der Waals surface area contributed by atoms with E-state index < -0.39 is 11.4 Å². The first-order chi connectivity index (χ1) is 12.8. The molecular weight excluding hydrogens is 389 g/mol. The highest BCUT2D eigenvalue weighted by Crippen LogP contribution is 2.29. The van der Waals surface area contributed by atoms with Crippen molar-refractivity contribution in [2.24, 2.45) is 0 Å². The van der Waals surface area contributed by atoms with Crippen LogP contribution >= 0.6 is 23.2 Å². The van der Waals surface area contributed by atoms with Gasteiger partial charge in [0, 0.05) is 35.2 Å². The van der Waals surface area contributed by atoms with Crippen LogP contribution in [0.5, 0.6) is 0 Å². The van der Waals surface area contributed by atoms with E-state index in [1.54, 1.807) is 35.8 Å². The van der Waals surface area contributed by atoms with E-state index in [0.717, 1.165) is 0 Å². The smallest absolute Gasteiger partial charge is 0.341 e. The molecule has 0 saturated carbocycles. The molecule has 138 valence electrons. The van der Waals surface area contributed by atoms with Crippen molar-refractivity contribution in [2.75, 3.05) is 0 Å². The topological polar surface area (TPSA) is 85.1 Å². The standard InChI is InChI=1S/C19H15Cl2N3O3/c1-3-24-10(2)14(12-8-22-19(21)23-9-12)17(25)15(18(26)27)16(24)11-4-6-13(20)7-5-11/h4-9H,3H2,1-2H3,(H,26,27). The SMILES string of the molecule is CCn1c(C)c(-c2cnc(Cl)nc2)c(=O)c(C(=O)O)c1-c1ccc(Cl)cc1. The summed E-state index contributed by atoms with van der Waals surface area (Å²) >= 11 is 11.7. The van der Waals surface area contributed by atoms with Crippen molar-refractivity contribution in [1.82, 2.24) is 14.5 Å². The molecule has 0 unspecified atom stereocenters. The zero-order chi connectivity index (χ0) is 19.7. The Balaban J connectivity index is 2.42. The second kappa shape index (κ2) is 7.50. The number of carboxylic acids is 1. The third-order valence-electron chi connectivity index (χ3n) is 4.28. The molecule has 3 aromatic rings. The van der Waals surface area contributed by atoms with Crippen molar-refractivity contribution < 1.29 is 9.90 Å². The fourth-order valence-corrected chi connectivity index (χ4v) is 3.34. The number of aromatic carboxylic acids is 1. The average molecular weight is 404 g/mol. The summed E-state index contributed by atoms with van der Waals surface area (Å²) in [7, 11) is 0. The molecule has 2 aromatic heterocycles. The number of pyridine rings is 1. The van der Waals surface area contributed by atoms with Gasteiger partial charge in [-0.1, -0.05) is 23.7 Å². The van der Waals surface area contributed by atoms with Gasteiger partial charge in [-0.2, -0.15) is 0 Å². The molecule has 2 heterocycles. The molecule has 1 aromatic carbocycles. The Hall–Kier alpha value is -2.70. The van der Waals surface area contributed by atoms with Gasteiger partial charge < -0.3 is 9.67 Å². The molecular formula is C19H15Cl2N3O3. The minimum absolute atomic E-state index is 0.0449. The molecule has 0 fully saturated rings. The van der Waals surface area contributed by atoms with Crippen LogP contribution in [0.3, 0.4) is 0 Å². The second-order valence-corrected chi connectivity index (χ2v) is 6.58. The lowest BCUT2D eigenvalue weighted by molar-refractivity contribution is 0.0695. The summed E-state index contributed by atoms with van der Waals surface area (Å²) in [5.41, 5.74) is 1.29. The van der Waals surface area contributed by atoms with Crippen LogP contribution in [-0.4, -0.2) is 25.6 Å². The molecule has 0 spiro atoms. The van der Waals surface area contributed by atoms with Gasteiger partial charge in [0.15, 0.2) is 0 Å². The fraction of sp³-hybridized carbons (Fsp3) is 0.158. The van der Waals surface area contributed by atoms with E-state index in [0.29, 0.717) is 34.1 Å². The van der Waals surface area contributed by atoms with Gasteiger partial charge in [-0.05, 0) is 43.1 Å². The van der Waals surface area contributed by atoms with Crippen LogP contribution in [0.25, 0.3) is 22.4 Å². The monoisotopic (exact) mass is 403 g/mol. The Bertz CT molecular complexity index is 1080. The first kappa shape index (κ1) is 19.1. The first-order valence-corrected chi connectivity index (χ1v) is 8.85. The maximum Gasteiger partial charge on any atom is 0.341 e. The van der Waals surface area contributed by atoms with Crippen molar-refractivity contribution in [3.63, 3.8) is 0 Å². The summed E-state index contributed by atoms with van der Waals surface area (Å²) < 4.78 is 1.79. The summed E-state index contributed by atoms with van der Waals surface area (Å²) in [6, 6.07) is 6.70. The van der Waals surface area contributed by atoms with Crippen molar-refractivity contribution >= 4 is 29.2 Å². The van der Waals surface area contributed by atoms with Gasteiger partial charge in [0.05, 0.1) is 11.3 Å². The molecule has 0 radical (unpaired) electrons. The first-order valence-electron chi connectivity index (χ1n) is 8.09. The Morgan fingerprint density at radius 3 is 2.22 bits per heavy atom. The summed E-state index contributed by atoms with van der Waals surface area (Å²) in [4.78, 5) is 32.9. The molecule has 0 amide bonds. The van der Waals surface area contributed by atoms with Crippen LogP contribution in [-0.2, 0) is 6.54 Å². The lowest BCUT2D eigenvalue weighted by Crippen LogP contribution is -2.25. The highest BCUT2D eigenvalue weighted by atomic mass is 35.5. The van der Waals surface area contributed by atoms with Gasteiger partial charge in [-0.15, -0.1) is 0 Å². The van der Waals surface area contributed by atoms with E-state index in [4.69, 9.17) is 23.2 Å². The maximum atomic E-state index is 13.1. The van der Waals surface area contributed by atoms with Gasteiger partial charge in [-0.3, -0.25) is 4.79 Å². The predicted molar refractivity (Wildman–Crippen MR) is 105 cm³/mol. The van der Waals surface area contributed by atoms with Crippen LogP contribution in [0, 0.1) is 6.92 Å². The van der Waals surface area contributed by atoms with E-state index in [2.05, 4.69) is 9.97 Å². The van der Waals surface area contributed by atoms with E-state index >= 15 is 0 Å². The van der Waals surface area contributed by atoms with Gasteiger partial charge in [0.2, 0.25) is 10.7 Å². The normalized spacial score (nSPS) is 10.8. The van der Waals surface area contributed by atoms with Crippen LogP contribution in [0.1, 0.15) is 23.0 Å². The molecule has 3 rings (SSSR count). The quantitative estimate of drug-likeness (QED) is 0.656. The molecule has 0 bridgehead atoms. The highest BCUT2D eigenvalue weighted by molar-refractivity contribution is 6.30. The lowest BCUT2D eigenvalue weighted by atomic mass is 9.97. The molecule has 6 nitrogen and oxygen atoms in total. The predicted octanol–water partition coefficient (Wildman–Crippen LogP) is 4.31. The van der Waals surface area contributed by atoms with Gasteiger partial charge in [-0.25, -0.2) is 14.8 Å². The largest absolute Gasteiger partial charge is 0.477 e. The van der Waals surface area contributed by atoms with E-state index in [1.807, 2.05) is 6.92 Å². The summed E-state index contributed by atoms with van der Waals surface area (Å²) in [6.07, 6.45) is 2.82. The van der Waals surface area contributed by atoms with Gasteiger partial charge in [0.25, 0.3) is 0 Å². The zero-order valence-corrected chi connectivity index (χ0v) is 16.0. The third-order valence-corrected chi connectivity index (χ3v) is 4.73. The zero-order valence-electron chi connectivity index (χ0n) is 14.5. The minimum Gasteiger partial charge on any atom is -0.477 e. The lowest BCUT2D eigenvalue weighted by Gasteiger charge is -2.21. The molecule has 0 aliphatic rings. The van der Waals surface area contributed by atoms with Crippen LogP contribution in [0.4, 0.5) is 0 Å².